The molecule has 0 unspecified atom stereocenters. The Morgan fingerprint density at radius 1 is 1.15 bits per heavy atom. The van der Waals surface area contributed by atoms with Crippen LogP contribution in [0.5, 0.6) is 0 Å². The Bertz CT molecular complexity index is 669. The van der Waals surface area contributed by atoms with Crippen LogP contribution in [0.1, 0.15) is 12.0 Å². The van der Waals surface area contributed by atoms with E-state index >= 15 is 0 Å². The predicted octanol–water partition coefficient (Wildman–Crippen LogP) is 2.26. The molecule has 0 aliphatic carbocycles. The average molecular weight is 442 g/mol. The largest absolute Gasteiger partial charge is 0.417 e. The summed E-state index contributed by atoms with van der Waals surface area (Å²) in [5.74, 6) is -1.14. The highest BCUT2D eigenvalue weighted by atomic mass is 35.5. The van der Waals surface area contributed by atoms with Crippen molar-refractivity contribution < 1.29 is 26.0 Å². The minimum absolute atomic E-state index is 0. The van der Waals surface area contributed by atoms with Gasteiger partial charge in [-0.25, -0.2) is 17.5 Å². The summed E-state index contributed by atoms with van der Waals surface area (Å²) in [6, 6.07) is 1.52. The second kappa shape index (κ2) is 10.6. The van der Waals surface area contributed by atoms with Gasteiger partial charge in [0.25, 0.3) is 0 Å². The number of hydrogen-bond acceptors (Lipinski definition) is 4. The first-order valence-electron chi connectivity index (χ1n) is 7.49. The van der Waals surface area contributed by atoms with E-state index in [0.29, 0.717) is 25.1 Å². The molecule has 0 bridgehead atoms. The maximum absolute atomic E-state index is 13.1. The minimum Gasteiger partial charge on any atom is -0.314 e. The summed E-state index contributed by atoms with van der Waals surface area (Å²) in [5, 5.41) is 3.19. The van der Waals surface area contributed by atoms with Gasteiger partial charge in [0.05, 0.1) is 10.5 Å². The van der Waals surface area contributed by atoms with Gasteiger partial charge in [-0.3, -0.25) is 0 Å². The van der Waals surface area contributed by atoms with Crippen molar-refractivity contribution in [3.63, 3.8) is 0 Å². The topological polar surface area (TPSA) is 61.4 Å². The van der Waals surface area contributed by atoms with Crippen molar-refractivity contribution in [1.29, 1.82) is 0 Å². The van der Waals surface area contributed by atoms with Crippen molar-refractivity contribution in [2.75, 3.05) is 39.3 Å². The lowest BCUT2D eigenvalue weighted by Crippen LogP contribution is -2.44. The third kappa shape index (κ3) is 7.16. The molecule has 1 fully saturated rings. The molecule has 1 aromatic rings. The van der Waals surface area contributed by atoms with Crippen LogP contribution >= 0.6 is 24.8 Å². The Hall–Kier alpha value is -0.650. The summed E-state index contributed by atoms with van der Waals surface area (Å²) in [4.78, 5) is 1.18. The Morgan fingerprint density at radius 2 is 1.77 bits per heavy atom. The molecule has 0 amide bonds. The monoisotopic (exact) mass is 441 g/mol. The molecule has 2 rings (SSSR count). The van der Waals surface area contributed by atoms with Crippen molar-refractivity contribution in [3.8, 4) is 0 Å². The number of alkyl halides is 3. The van der Waals surface area contributed by atoms with E-state index in [-0.39, 0.29) is 37.4 Å². The Kier molecular flexibility index (Phi) is 10.4. The maximum atomic E-state index is 13.1. The summed E-state index contributed by atoms with van der Waals surface area (Å²) in [7, 11) is -4.36. The summed E-state index contributed by atoms with van der Waals surface area (Å²) in [6.07, 6.45) is -4.48. The molecule has 0 atom stereocenters. The third-order valence-electron chi connectivity index (χ3n) is 3.69. The number of rotatable bonds is 6. The van der Waals surface area contributed by atoms with E-state index in [4.69, 9.17) is 0 Å². The summed E-state index contributed by atoms with van der Waals surface area (Å²) in [5.41, 5.74) is -1.50. The van der Waals surface area contributed by atoms with Crippen molar-refractivity contribution in [1.82, 2.24) is 14.9 Å². The highest BCUT2D eigenvalue weighted by molar-refractivity contribution is 7.89. The van der Waals surface area contributed by atoms with E-state index in [1.807, 2.05) is 0 Å². The third-order valence-corrected chi connectivity index (χ3v) is 5.21. The highest BCUT2D eigenvalue weighted by Gasteiger charge is 2.37. The predicted molar refractivity (Wildman–Crippen MR) is 95.0 cm³/mol. The first-order chi connectivity index (χ1) is 11.2. The van der Waals surface area contributed by atoms with Gasteiger partial charge in [-0.15, -0.1) is 24.8 Å². The normalized spacial score (nSPS) is 15.8. The summed E-state index contributed by atoms with van der Waals surface area (Å²) >= 11 is 0. The van der Waals surface area contributed by atoms with Crippen LogP contribution in [0.4, 0.5) is 17.6 Å². The second-order valence-electron chi connectivity index (χ2n) is 5.48. The zero-order valence-electron chi connectivity index (χ0n) is 13.7. The van der Waals surface area contributed by atoms with Crippen LogP contribution in [0.3, 0.4) is 0 Å². The Morgan fingerprint density at radius 3 is 2.35 bits per heavy atom. The Balaban J connectivity index is 0.00000312. The molecule has 1 aliphatic heterocycles. The van der Waals surface area contributed by atoms with Gasteiger partial charge in [0.15, 0.2) is 0 Å². The molecule has 152 valence electrons. The number of nitrogens with one attached hydrogen (secondary N) is 2. The first-order valence-corrected chi connectivity index (χ1v) is 8.98. The Labute approximate surface area is 162 Å². The fraction of sp³-hybridized carbons (Fsp3) is 0.571. The molecule has 5 nitrogen and oxygen atoms in total. The first kappa shape index (κ1) is 25.4. The van der Waals surface area contributed by atoms with Crippen LogP contribution in [-0.4, -0.2) is 52.6 Å². The summed E-state index contributed by atoms with van der Waals surface area (Å²) < 4.78 is 78.2. The summed E-state index contributed by atoms with van der Waals surface area (Å²) in [6.45, 7) is 4.08. The maximum Gasteiger partial charge on any atom is 0.417 e. The fourth-order valence-corrected chi connectivity index (χ4v) is 3.76. The van der Waals surface area contributed by atoms with Crippen LogP contribution in [-0.2, 0) is 16.2 Å². The zero-order valence-corrected chi connectivity index (χ0v) is 16.1. The van der Waals surface area contributed by atoms with Gasteiger partial charge < -0.3 is 10.2 Å². The highest BCUT2D eigenvalue weighted by Crippen LogP contribution is 2.34. The number of nitrogens with zero attached hydrogens (tertiary/aromatic N) is 1. The smallest absolute Gasteiger partial charge is 0.314 e. The van der Waals surface area contributed by atoms with Gasteiger partial charge in [0.2, 0.25) is 10.0 Å². The fourth-order valence-electron chi connectivity index (χ4n) is 2.48. The molecule has 1 aromatic carbocycles. The molecule has 1 saturated heterocycles. The average Bonchev–Trinajstić information content (AvgIpc) is 2.51. The molecule has 0 radical (unpaired) electrons. The SMILES string of the molecule is Cl.Cl.O=S(=O)(NCCCN1CCNCC1)c1ccc(F)cc1C(F)(F)F. The molecule has 1 aliphatic rings. The lowest BCUT2D eigenvalue weighted by molar-refractivity contribution is -0.140. The van der Waals surface area contributed by atoms with Gasteiger partial charge in [-0.05, 0) is 31.2 Å². The van der Waals surface area contributed by atoms with Crippen LogP contribution in [0.25, 0.3) is 0 Å². The molecule has 0 saturated carbocycles. The minimum atomic E-state index is -4.95. The number of benzene rings is 1. The number of halogens is 6. The van der Waals surface area contributed by atoms with Crippen LogP contribution in [0.15, 0.2) is 23.1 Å². The quantitative estimate of drug-likeness (QED) is 0.524. The second-order valence-corrected chi connectivity index (χ2v) is 7.22. The van der Waals surface area contributed by atoms with E-state index in [2.05, 4.69) is 14.9 Å². The van der Waals surface area contributed by atoms with E-state index in [9.17, 15) is 26.0 Å². The van der Waals surface area contributed by atoms with Crippen LogP contribution in [0.2, 0.25) is 0 Å². The molecule has 26 heavy (non-hydrogen) atoms. The molecule has 2 N–H and O–H groups in total. The van der Waals surface area contributed by atoms with E-state index < -0.39 is 32.5 Å². The lowest BCUT2D eigenvalue weighted by atomic mass is 10.2. The molecule has 12 heteroatoms. The molecule has 0 aromatic heterocycles. The van der Waals surface area contributed by atoms with Crippen molar-refractivity contribution in [2.45, 2.75) is 17.5 Å². The van der Waals surface area contributed by atoms with E-state index in [0.717, 1.165) is 26.2 Å². The number of sulfonamides is 1. The molecular formula is C14H21Cl2F4N3O2S. The molecular weight excluding hydrogens is 421 g/mol. The van der Waals surface area contributed by atoms with E-state index in [1.165, 1.54) is 0 Å². The van der Waals surface area contributed by atoms with Gasteiger partial charge in [-0.2, -0.15) is 13.2 Å². The van der Waals surface area contributed by atoms with Crippen LogP contribution < -0.4 is 10.0 Å². The van der Waals surface area contributed by atoms with Crippen molar-refractivity contribution >= 4 is 34.8 Å². The zero-order chi connectivity index (χ0) is 17.8. The van der Waals surface area contributed by atoms with Crippen molar-refractivity contribution in [2.24, 2.45) is 0 Å². The molecule has 0 spiro atoms. The van der Waals surface area contributed by atoms with Gasteiger partial charge in [0.1, 0.15) is 5.82 Å². The van der Waals surface area contributed by atoms with E-state index in [1.54, 1.807) is 0 Å². The lowest BCUT2D eigenvalue weighted by Gasteiger charge is -2.27. The standard InChI is InChI=1S/C14H19F4N3O2S.2ClH/c15-11-2-3-13(12(10-11)14(16,17)18)24(22,23)20-4-1-7-21-8-5-19-6-9-21;;/h2-3,10,19-20H,1,4-9H2;2*1H. The van der Waals surface area contributed by atoms with Gasteiger partial charge >= 0.3 is 6.18 Å². The van der Waals surface area contributed by atoms with Gasteiger partial charge in [-0.1, -0.05) is 0 Å². The van der Waals surface area contributed by atoms with Crippen LogP contribution in [0, 0.1) is 5.82 Å². The molecule has 1 heterocycles. The van der Waals surface area contributed by atoms with Gasteiger partial charge in [0, 0.05) is 32.7 Å². The number of piperazine rings is 1. The number of hydrogen-bond donors (Lipinski definition) is 2. The van der Waals surface area contributed by atoms with Crippen molar-refractivity contribution in [3.05, 3.63) is 29.6 Å².